The lowest BCUT2D eigenvalue weighted by Crippen LogP contribution is -2.34. The Hall–Kier alpha value is -1.40. The Bertz CT molecular complexity index is 348. The maximum atomic E-state index is 11.5. The third kappa shape index (κ3) is 3.03. The van der Waals surface area contributed by atoms with Crippen LogP contribution in [-0.2, 0) is 7.05 Å². The number of nitrogens with zero attached hydrogens (tertiary/aromatic N) is 2. The molecule has 6 heteroatoms. The highest BCUT2D eigenvalue weighted by Crippen LogP contribution is 2.01. The van der Waals surface area contributed by atoms with Crippen LogP contribution < -0.4 is 5.32 Å². The van der Waals surface area contributed by atoms with Gasteiger partial charge in [0.2, 0.25) is 0 Å². The lowest BCUT2D eigenvalue weighted by Gasteiger charge is -2.08. The Balaban J connectivity index is 2.58. The second kappa shape index (κ2) is 4.90. The fourth-order valence-corrected chi connectivity index (χ4v) is 1.19. The Kier molecular flexibility index (Phi) is 3.81. The molecule has 0 aliphatic carbocycles. The first-order valence-corrected chi connectivity index (χ1v) is 4.62. The number of hydrogen-bond acceptors (Lipinski definition) is 4. The van der Waals surface area contributed by atoms with Crippen molar-refractivity contribution in [3.8, 4) is 0 Å². The first-order valence-electron chi connectivity index (χ1n) is 4.62. The minimum atomic E-state index is -0.928. The average molecular weight is 213 g/mol. The van der Waals surface area contributed by atoms with Gasteiger partial charge in [-0.1, -0.05) is 0 Å². The summed E-state index contributed by atoms with van der Waals surface area (Å²) in [6, 6.07) is 1.65. The molecular weight excluding hydrogens is 198 g/mol. The number of hydrogen-bond donors (Lipinski definition) is 3. The molecule has 0 radical (unpaired) electrons. The first-order chi connectivity index (χ1) is 7.04. The molecule has 84 valence electrons. The van der Waals surface area contributed by atoms with Gasteiger partial charge in [0.05, 0.1) is 18.4 Å². The number of aryl methyl sites for hydroxylation is 2. The second-order valence-corrected chi connectivity index (χ2v) is 3.34. The molecule has 1 aromatic rings. The molecule has 0 spiro atoms. The predicted molar refractivity (Wildman–Crippen MR) is 53.4 cm³/mol. The van der Waals surface area contributed by atoms with Crippen LogP contribution in [0.3, 0.4) is 0 Å². The van der Waals surface area contributed by atoms with Crippen LogP contribution >= 0.6 is 0 Å². The molecule has 0 saturated heterocycles. The molecule has 0 aliphatic rings. The molecule has 6 nitrogen and oxygen atoms in total. The van der Waals surface area contributed by atoms with Gasteiger partial charge >= 0.3 is 0 Å². The van der Waals surface area contributed by atoms with Crippen molar-refractivity contribution in [3.05, 3.63) is 17.5 Å². The van der Waals surface area contributed by atoms with E-state index in [4.69, 9.17) is 10.2 Å². The fourth-order valence-electron chi connectivity index (χ4n) is 1.19. The third-order valence-corrected chi connectivity index (χ3v) is 1.94. The van der Waals surface area contributed by atoms with E-state index in [1.807, 2.05) is 0 Å². The van der Waals surface area contributed by atoms with E-state index in [-0.39, 0.29) is 19.1 Å². The van der Waals surface area contributed by atoms with Crippen molar-refractivity contribution in [2.75, 3.05) is 13.2 Å². The zero-order valence-electron chi connectivity index (χ0n) is 8.77. The van der Waals surface area contributed by atoms with Crippen LogP contribution in [-0.4, -0.2) is 45.2 Å². The second-order valence-electron chi connectivity index (χ2n) is 3.34. The third-order valence-electron chi connectivity index (χ3n) is 1.94. The van der Waals surface area contributed by atoms with E-state index >= 15 is 0 Å². The molecule has 0 aliphatic heterocycles. The summed E-state index contributed by atoms with van der Waals surface area (Å²) in [5.41, 5.74) is 1.18. The number of aromatic nitrogens is 2. The number of amides is 1. The van der Waals surface area contributed by atoms with Gasteiger partial charge < -0.3 is 15.5 Å². The van der Waals surface area contributed by atoms with Gasteiger partial charge in [-0.15, -0.1) is 0 Å². The van der Waals surface area contributed by atoms with Gasteiger partial charge in [0.1, 0.15) is 5.69 Å². The average Bonchev–Trinajstić information content (AvgIpc) is 2.53. The van der Waals surface area contributed by atoms with Gasteiger partial charge in [0.15, 0.2) is 0 Å². The quantitative estimate of drug-likeness (QED) is 0.587. The molecule has 1 aromatic heterocycles. The highest BCUT2D eigenvalue weighted by molar-refractivity contribution is 5.92. The van der Waals surface area contributed by atoms with Crippen molar-refractivity contribution in [2.45, 2.75) is 13.0 Å². The topological polar surface area (TPSA) is 87.4 Å². The monoisotopic (exact) mass is 213 g/mol. The van der Waals surface area contributed by atoms with E-state index < -0.39 is 6.10 Å². The Morgan fingerprint density at radius 3 is 2.87 bits per heavy atom. The molecule has 1 rings (SSSR count). The maximum Gasteiger partial charge on any atom is 0.269 e. The van der Waals surface area contributed by atoms with Gasteiger partial charge in [-0.05, 0) is 13.0 Å². The van der Waals surface area contributed by atoms with Gasteiger partial charge in [0.25, 0.3) is 5.91 Å². The summed E-state index contributed by atoms with van der Waals surface area (Å²) in [5.74, 6) is -0.314. The lowest BCUT2D eigenvalue weighted by molar-refractivity contribution is 0.0796. The van der Waals surface area contributed by atoms with E-state index in [0.717, 1.165) is 5.69 Å². The van der Waals surface area contributed by atoms with Crippen LogP contribution in [0.15, 0.2) is 6.07 Å². The number of rotatable bonds is 4. The van der Waals surface area contributed by atoms with Crippen LogP contribution in [0.4, 0.5) is 0 Å². The Morgan fingerprint density at radius 1 is 1.73 bits per heavy atom. The molecule has 1 atom stereocenters. The number of nitrogens with one attached hydrogen (secondary N) is 1. The van der Waals surface area contributed by atoms with Crippen molar-refractivity contribution in [3.63, 3.8) is 0 Å². The molecule has 1 amide bonds. The zero-order chi connectivity index (χ0) is 11.4. The van der Waals surface area contributed by atoms with Crippen LogP contribution in [0.1, 0.15) is 16.2 Å². The zero-order valence-corrected chi connectivity index (χ0v) is 8.77. The molecule has 0 aromatic carbocycles. The Morgan fingerprint density at radius 2 is 2.40 bits per heavy atom. The van der Waals surface area contributed by atoms with Gasteiger partial charge in [-0.3, -0.25) is 9.48 Å². The molecule has 0 saturated carbocycles. The summed E-state index contributed by atoms with van der Waals surface area (Å²) in [4.78, 5) is 11.5. The number of carbonyl (C=O) groups excluding carboxylic acids is 1. The highest BCUT2D eigenvalue weighted by atomic mass is 16.3. The summed E-state index contributed by atoms with van der Waals surface area (Å²) in [7, 11) is 1.67. The minimum Gasteiger partial charge on any atom is -0.394 e. The summed E-state index contributed by atoms with van der Waals surface area (Å²) < 4.78 is 1.47. The lowest BCUT2D eigenvalue weighted by atomic mass is 10.3. The normalized spacial score (nSPS) is 12.5. The molecule has 3 N–H and O–H groups in total. The smallest absolute Gasteiger partial charge is 0.269 e. The minimum absolute atomic E-state index is 0.0273. The van der Waals surface area contributed by atoms with Crippen LogP contribution in [0, 0.1) is 6.92 Å². The fraction of sp³-hybridized carbons (Fsp3) is 0.556. The van der Waals surface area contributed by atoms with Crippen molar-refractivity contribution >= 4 is 5.91 Å². The molecular formula is C9H15N3O3. The van der Waals surface area contributed by atoms with E-state index in [2.05, 4.69) is 10.4 Å². The van der Waals surface area contributed by atoms with Crippen LogP contribution in [0.25, 0.3) is 0 Å². The van der Waals surface area contributed by atoms with Gasteiger partial charge in [0, 0.05) is 13.6 Å². The van der Waals surface area contributed by atoms with Crippen LogP contribution in [0.5, 0.6) is 0 Å². The van der Waals surface area contributed by atoms with Crippen molar-refractivity contribution < 1.29 is 15.0 Å². The van der Waals surface area contributed by atoms with Crippen molar-refractivity contribution in [2.24, 2.45) is 7.05 Å². The number of carbonyl (C=O) groups is 1. The van der Waals surface area contributed by atoms with E-state index in [1.54, 1.807) is 20.0 Å². The summed E-state index contributed by atoms with van der Waals surface area (Å²) in [6.07, 6.45) is -0.928. The largest absolute Gasteiger partial charge is 0.394 e. The molecule has 0 fully saturated rings. The van der Waals surface area contributed by atoms with E-state index in [1.165, 1.54) is 4.68 Å². The maximum absolute atomic E-state index is 11.5. The summed E-state index contributed by atoms with van der Waals surface area (Å²) >= 11 is 0. The Labute approximate surface area is 87.5 Å². The summed E-state index contributed by atoms with van der Waals surface area (Å²) in [5, 5.41) is 24.1. The van der Waals surface area contributed by atoms with Crippen molar-refractivity contribution in [1.29, 1.82) is 0 Å². The van der Waals surface area contributed by atoms with Gasteiger partial charge in [-0.25, -0.2) is 0 Å². The number of aliphatic hydroxyl groups excluding tert-OH is 2. The van der Waals surface area contributed by atoms with Gasteiger partial charge in [-0.2, -0.15) is 5.10 Å². The molecule has 15 heavy (non-hydrogen) atoms. The first kappa shape index (κ1) is 11.7. The van der Waals surface area contributed by atoms with E-state index in [9.17, 15) is 4.79 Å². The molecule has 1 heterocycles. The molecule has 0 bridgehead atoms. The standard InChI is InChI=1S/C9H15N3O3/c1-6-3-8(12(2)11-6)9(15)10-4-7(14)5-13/h3,7,13-14H,4-5H2,1-2H3,(H,10,15). The molecule has 1 unspecified atom stereocenters. The SMILES string of the molecule is Cc1cc(C(=O)NCC(O)CO)n(C)n1. The number of aliphatic hydroxyl groups is 2. The van der Waals surface area contributed by atoms with Crippen LogP contribution in [0.2, 0.25) is 0 Å². The highest BCUT2D eigenvalue weighted by Gasteiger charge is 2.12. The van der Waals surface area contributed by atoms with Crippen molar-refractivity contribution in [1.82, 2.24) is 15.1 Å². The van der Waals surface area contributed by atoms with E-state index in [0.29, 0.717) is 5.69 Å². The summed E-state index contributed by atoms with van der Waals surface area (Å²) in [6.45, 7) is 1.45. The predicted octanol–water partition coefficient (Wildman–Crippen LogP) is -1.19.